The molecule has 1 atom stereocenters. The lowest BCUT2D eigenvalue weighted by molar-refractivity contribution is -0.132. The maximum Gasteiger partial charge on any atom is 0.301 e. The SMILES string of the molecule is COc1ccc(OC)c(/C(O)=C2\C(=O)C(=O)N(c3nc4c(F)cc(F)cc4s3)C2c2ccc(O)cc2)c1. The van der Waals surface area contributed by atoms with E-state index in [2.05, 4.69) is 4.98 Å². The van der Waals surface area contributed by atoms with Crippen molar-refractivity contribution in [3.8, 4) is 17.2 Å². The molecule has 37 heavy (non-hydrogen) atoms. The van der Waals surface area contributed by atoms with Crippen molar-refractivity contribution in [2.75, 3.05) is 19.1 Å². The number of ketones is 1. The molecule has 1 unspecified atom stereocenters. The number of phenols is 1. The van der Waals surface area contributed by atoms with Gasteiger partial charge in [0.15, 0.2) is 10.9 Å². The van der Waals surface area contributed by atoms with Crippen molar-refractivity contribution in [2.24, 2.45) is 0 Å². The van der Waals surface area contributed by atoms with E-state index >= 15 is 0 Å². The molecule has 0 spiro atoms. The molecule has 1 aromatic heterocycles. The Bertz CT molecular complexity index is 1600. The summed E-state index contributed by atoms with van der Waals surface area (Å²) in [5, 5.41) is 21.1. The Balaban J connectivity index is 1.77. The Kier molecular flexibility index (Phi) is 6.00. The number of ether oxygens (including phenoxy) is 2. The zero-order chi connectivity index (χ0) is 26.4. The van der Waals surface area contributed by atoms with Gasteiger partial charge in [0.25, 0.3) is 5.78 Å². The topological polar surface area (TPSA) is 109 Å². The van der Waals surface area contributed by atoms with E-state index in [4.69, 9.17) is 9.47 Å². The highest BCUT2D eigenvalue weighted by molar-refractivity contribution is 7.22. The van der Waals surface area contributed by atoms with Crippen molar-refractivity contribution in [1.29, 1.82) is 0 Å². The molecule has 0 aliphatic carbocycles. The molecule has 0 radical (unpaired) electrons. The first-order valence-electron chi connectivity index (χ1n) is 10.8. The number of anilines is 1. The molecule has 3 aromatic carbocycles. The van der Waals surface area contributed by atoms with Gasteiger partial charge in [0.05, 0.1) is 36.1 Å². The number of phenolic OH excluding ortho intramolecular Hbond substituents is 1. The minimum atomic E-state index is -1.20. The largest absolute Gasteiger partial charge is 0.508 e. The molecule has 2 heterocycles. The van der Waals surface area contributed by atoms with Gasteiger partial charge in [-0.25, -0.2) is 13.8 Å². The molecular formula is C26H18F2N2O6S. The normalized spacial score (nSPS) is 17.0. The molecule has 1 saturated heterocycles. The maximum absolute atomic E-state index is 14.4. The molecule has 5 rings (SSSR count). The second kappa shape index (κ2) is 9.17. The van der Waals surface area contributed by atoms with E-state index in [9.17, 15) is 28.6 Å². The Morgan fingerprint density at radius 3 is 2.43 bits per heavy atom. The van der Waals surface area contributed by atoms with Crippen LogP contribution in [0.2, 0.25) is 0 Å². The highest BCUT2D eigenvalue weighted by atomic mass is 32.1. The first-order valence-corrected chi connectivity index (χ1v) is 11.6. The number of hydrogen-bond acceptors (Lipinski definition) is 8. The second-order valence-electron chi connectivity index (χ2n) is 8.06. The monoisotopic (exact) mass is 524 g/mol. The standard InChI is InChI=1S/C26H18F2N2O6S/c1-35-15-7-8-18(36-2)16(11-15)23(32)20-22(12-3-5-14(31)6-4-12)30(25(34)24(20)33)26-29-21-17(28)9-13(27)10-19(21)37-26/h3-11,22,31-32H,1-2H3/b23-20+. The Labute approximate surface area is 212 Å². The minimum Gasteiger partial charge on any atom is -0.508 e. The van der Waals surface area contributed by atoms with E-state index < -0.39 is 35.1 Å². The van der Waals surface area contributed by atoms with Crippen molar-refractivity contribution >= 4 is 44.1 Å². The maximum atomic E-state index is 14.4. The van der Waals surface area contributed by atoms with Gasteiger partial charge in [-0.05, 0) is 42.0 Å². The molecular weight excluding hydrogens is 506 g/mol. The summed E-state index contributed by atoms with van der Waals surface area (Å²) in [6, 6.07) is 10.8. The summed E-state index contributed by atoms with van der Waals surface area (Å²) in [5.41, 5.74) is 0.00254. The van der Waals surface area contributed by atoms with E-state index in [1.165, 1.54) is 50.6 Å². The molecule has 8 nitrogen and oxygen atoms in total. The van der Waals surface area contributed by atoms with Crippen LogP contribution in [0.4, 0.5) is 13.9 Å². The quantitative estimate of drug-likeness (QED) is 0.217. The number of nitrogens with zero attached hydrogens (tertiary/aromatic N) is 2. The summed E-state index contributed by atoms with van der Waals surface area (Å²) >= 11 is 0.817. The lowest BCUT2D eigenvalue weighted by Crippen LogP contribution is -2.29. The number of fused-ring (bicyclic) bond motifs is 1. The zero-order valence-corrected chi connectivity index (χ0v) is 20.2. The highest BCUT2D eigenvalue weighted by Gasteiger charge is 2.48. The summed E-state index contributed by atoms with van der Waals surface area (Å²) in [6.45, 7) is 0. The number of amides is 1. The van der Waals surface area contributed by atoms with Gasteiger partial charge >= 0.3 is 5.91 Å². The highest BCUT2D eigenvalue weighted by Crippen LogP contribution is 2.46. The van der Waals surface area contributed by atoms with Gasteiger partial charge in [-0.1, -0.05) is 23.5 Å². The minimum absolute atomic E-state index is 0.0623. The number of aliphatic hydroxyl groups excluding tert-OH is 1. The first kappa shape index (κ1) is 24.2. The number of aliphatic hydroxyl groups is 1. The van der Waals surface area contributed by atoms with Crippen LogP contribution in [-0.2, 0) is 9.59 Å². The van der Waals surface area contributed by atoms with Gasteiger partial charge in [0.2, 0.25) is 0 Å². The predicted octanol–water partition coefficient (Wildman–Crippen LogP) is 4.92. The lowest BCUT2D eigenvalue weighted by Gasteiger charge is -2.23. The Morgan fingerprint density at radius 1 is 1.03 bits per heavy atom. The van der Waals surface area contributed by atoms with Crippen LogP contribution >= 0.6 is 11.3 Å². The molecule has 4 aromatic rings. The molecule has 1 aliphatic heterocycles. The van der Waals surface area contributed by atoms with Crippen molar-refractivity contribution in [3.05, 3.63) is 82.9 Å². The Morgan fingerprint density at radius 2 is 1.76 bits per heavy atom. The van der Waals surface area contributed by atoms with Crippen LogP contribution in [-0.4, -0.2) is 41.1 Å². The van der Waals surface area contributed by atoms with E-state index in [1.54, 1.807) is 6.07 Å². The third kappa shape index (κ3) is 4.02. The van der Waals surface area contributed by atoms with Gasteiger partial charge in [0.1, 0.15) is 34.3 Å². The third-order valence-corrected chi connectivity index (χ3v) is 6.92. The Hall–Kier alpha value is -4.51. The number of rotatable bonds is 5. The average molecular weight is 525 g/mol. The van der Waals surface area contributed by atoms with Gasteiger partial charge < -0.3 is 19.7 Å². The number of carbonyl (C=O) groups is 2. The fraction of sp³-hybridized carbons (Fsp3) is 0.115. The molecule has 0 bridgehead atoms. The number of hydrogen-bond donors (Lipinski definition) is 2. The summed E-state index contributed by atoms with van der Waals surface area (Å²) in [7, 11) is 2.81. The van der Waals surface area contributed by atoms with Crippen molar-refractivity contribution in [1.82, 2.24) is 4.98 Å². The number of benzene rings is 3. The van der Waals surface area contributed by atoms with Gasteiger partial charge in [-0.3, -0.25) is 14.5 Å². The first-order chi connectivity index (χ1) is 17.7. The molecule has 1 aliphatic rings. The van der Waals surface area contributed by atoms with E-state index in [0.29, 0.717) is 17.4 Å². The fourth-order valence-corrected chi connectivity index (χ4v) is 5.23. The molecule has 1 fully saturated rings. The second-order valence-corrected chi connectivity index (χ2v) is 9.07. The number of aromatic hydroxyl groups is 1. The van der Waals surface area contributed by atoms with Gasteiger partial charge in [0, 0.05) is 6.07 Å². The number of methoxy groups -OCH3 is 2. The van der Waals surface area contributed by atoms with Crippen LogP contribution in [0.5, 0.6) is 17.2 Å². The summed E-state index contributed by atoms with van der Waals surface area (Å²) < 4.78 is 38.9. The van der Waals surface area contributed by atoms with Crippen LogP contribution in [0.3, 0.4) is 0 Å². The van der Waals surface area contributed by atoms with Crippen molar-refractivity contribution in [3.63, 3.8) is 0 Å². The van der Waals surface area contributed by atoms with Gasteiger partial charge in [-0.2, -0.15) is 0 Å². The predicted molar refractivity (Wildman–Crippen MR) is 132 cm³/mol. The smallest absolute Gasteiger partial charge is 0.301 e. The van der Waals surface area contributed by atoms with Crippen LogP contribution in [0.15, 0.2) is 60.2 Å². The number of thiazole rings is 1. The van der Waals surface area contributed by atoms with Crippen LogP contribution in [0, 0.1) is 11.6 Å². The molecule has 2 N–H and O–H groups in total. The van der Waals surface area contributed by atoms with E-state index in [0.717, 1.165) is 22.3 Å². The van der Waals surface area contributed by atoms with Crippen molar-refractivity contribution in [2.45, 2.75) is 6.04 Å². The number of carbonyl (C=O) groups excluding carboxylic acids is 2. The average Bonchev–Trinajstić information content (AvgIpc) is 3.42. The number of aromatic nitrogens is 1. The van der Waals surface area contributed by atoms with Gasteiger partial charge in [-0.15, -0.1) is 0 Å². The number of Topliss-reactive ketones (excluding diaryl/α,β-unsaturated/α-hetero) is 1. The lowest BCUT2D eigenvalue weighted by atomic mass is 9.95. The number of halogens is 2. The van der Waals surface area contributed by atoms with E-state index in [1.807, 2.05) is 0 Å². The van der Waals surface area contributed by atoms with Crippen LogP contribution in [0.1, 0.15) is 17.2 Å². The molecule has 0 saturated carbocycles. The zero-order valence-electron chi connectivity index (χ0n) is 19.4. The summed E-state index contributed by atoms with van der Waals surface area (Å²) in [6.07, 6.45) is 0. The molecule has 11 heteroatoms. The fourth-order valence-electron chi connectivity index (χ4n) is 4.19. The van der Waals surface area contributed by atoms with E-state index in [-0.39, 0.29) is 38.0 Å². The van der Waals surface area contributed by atoms with Crippen LogP contribution in [0.25, 0.3) is 16.0 Å². The third-order valence-electron chi connectivity index (χ3n) is 5.92. The van der Waals surface area contributed by atoms with Crippen LogP contribution < -0.4 is 14.4 Å². The summed E-state index contributed by atoms with van der Waals surface area (Å²) in [4.78, 5) is 31.9. The molecule has 188 valence electrons. The molecule has 1 amide bonds. The summed E-state index contributed by atoms with van der Waals surface area (Å²) in [5.74, 6) is -3.81. The van der Waals surface area contributed by atoms with Crippen molar-refractivity contribution < 1.29 is 38.1 Å².